The molecule has 1 N–H and O–H groups in total. The Morgan fingerprint density at radius 1 is 0.721 bits per heavy atom. The zero-order valence-electron chi connectivity index (χ0n) is 24.1. The van der Waals surface area contributed by atoms with Crippen molar-refractivity contribution in [3.63, 3.8) is 0 Å². The van der Waals surface area contributed by atoms with Gasteiger partial charge in [-0.05, 0) is 40.8 Å². The van der Waals surface area contributed by atoms with Crippen LogP contribution in [0.5, 0.6) is 0 Å². The summed E-state index contributed by atoms with van der Waals surface area (Å²) in [6.07, 6.45) is 1.88. The normalized spacial score (nSPS) is 12.1. The molecule has 1 atom stereocenters. The summed E-state index contributed by atoms with van der Waals surface area (Å²) in [6.45, 7) is -0.109. The lowest BCUT2D eigenvalue weighted by Gasteiger charge is -2.33. The van der Waals surface area contributed by atoms with Crippen LogP contribution < -0.4 is 5.32 Å². The van der Waals surface area contributed by atoms with Gasteiger partial charge in [-0.1, -0.05) is 103 Å². The Hall–Kier alpha value is -4.34. The molecule has 0 saturated carbocycles. The molecule has 4 aromatic carbocycles. The molecule has 9 heteroatoms. The fourth-order valence-electron chi connectivity index (χ4n) is 4.75. The van der Waals surface area contributed by atoms with E-state index in [-0.39, 0.29) is 25.4 Å². The molecular formula is C34H36FN3O4S. The maximum absolute atomic E-state index is 14.1. The van der Waals surface area contributed by atoms with Gasteiger partial charge >= 0.3 is 0 Å². The first-order chi connectivity index (χ1) is 20.7. The monoisotopic (exact) mass is 601 g/mol. The molecule has 0 aromatic heterocycles. The van der Waals surface area contributed by atoms with E-state index in [0.29, 0.717) is 18.5 Å². The van der Waals surface area contributed by atoms with Gasteiger partial charge in [0.05, 0.1) is 12.8 Å². The predicted octanol–water partition coefficient (Wildman–Crippen LogP) is 4.59. The molecule has 0 heterocycles. The van der Waals surface area contributed by atoms with Gasteiger partial charge in [0.1, 0.15) is 11.9 Å². The Kier molecular flexibility index (Phi) is 11.2. The summed E-state index contributed by atoms with van der Waals surface area (Å²) in [5.74, 6) is -1.32. The number of amides is 2. The average molecular weight is 602 g/mol. The number of nitrogens with one attached hydrogen (secondary N) is 1. The quantitative estimate of drug-likeness (QED) is 0.229. The number of halogens is 1. The Morgan fingerprint density at radius 2 is 1.23 bits per heavy atom. The number of hydrogen-bond donors (Lipinski definition) is 1. The van der Waals surface area contributed by atoms with E-state index in [1.54, 1.807) is 36.4 Å². The molecule has 7 nitrogen and oxygen atoms in total. The highest BCUT2D eigenvalue weighted by Crippen LogP contribution is 2.17. The highest BCUT2D eigenvalue weighted by Gasteiger charge is 2.32. The maximum Gasteiger partial charge on any atom is 0.243 e. The van der Waals surface area contributed by atoms with Crippen molar-refractivity contribution >= 4 is 21.8 Å². The Bertz CT molecular complexity index is 1570. The fraction of sp³-hybridized carbons (Fsp3) is 0.235. The van der Waals surface area contributed by atoms with Crippen LogP contribution in [-0.2, 0) is 45.5 Å². The van der Waals surface area contributed by atoms with Gasteiger partial charge in [0.2, 0.25) is 21.8 Å². The van der Waals surface area contributed by atoms with Gasteiger partial charge in [0, 0.05) is 26.1 Å². The zero-order valence-corrected chi connectivity index (χ0v) is 24.9. The minimum absolute atomic E-state index is 0.00241. The number of carbonyl (C=O) groups excluding carboxylic acids is 2. The summed E-state index contributed by atoms with van der Waals surface area (Å²) in [4.78, 5) is 29.3. The van der Waals surface area contributed by atoms with Crippen LogP contribution in [-0.4, -0.2) is 54.8 Å². The van der Waals surface area contributed by atoms with Crippen LogP contribution in [0.15, 0.2) is 115 Å². The van der Waals surface area contributed by atoms with Gasteiger partial charge < -0.3 is 10.2 Å². The summed E-state index contributed by atoms with van der Waals surface area (Å²) in [7, 11) is -3.78. The van der Waals surface area contributed by atoms with Crippen molar-refractivity contribution in [3.05, 3.63) is 143 Å². The van der Waals surface area contributed by atoms with Crippen molar-refractivity contribution < 1.29 is 22.4 Å². The zero-order chi connectivity index (χ0) is 30.7. The summed E-state index contributed by atoms with van der Waals surface area (Å²) >= 11 is 0. The van der Waals surface area contributed by atoms with Crippen LogP contribution in [0, 0.1) is 5.82 Å². The summed E-state index contributed by atoms with van der Waals surface area (Å²) in [5, 5.41) is 2.98. The van der Waals surface area contributed by atoms with Crippen LogP contribution in [0.4, 0.5) is 4.39 Å². The number of benzene rings is 4. The predicted molar refractivity (Wildman–Crippen MR) is 166 cm³/mol. The van der Waals surface area contributed by atoms with Crippen molar-refractivity contribution in [2.45, 2.75) is 32.0 Å². The third-order valence-electron chi connectivity index (χ3n) is 7.08. The first-order valence-electron chi connectivity index (χ1n) is 14.1. The van der Waals surface area contributed by atoms with Crippen LogP contribution in [0.2, 0.25) is 0 Å². The minimum atomic E-state index is -3.78. The number of hydrogen-bond acceptors (Lipinski definition) is 4. The van der Waals surface area contributed by atoms with Crippen molar-refractivity contribution in [2.75, 3.05) is 19.3 Å². The van der Waals surface area contributed by atoms with E-state index in [2.05, 4.69) is 5.32 Å². The van der Waals surface area contributed by atoms with Gasteiger partial charge in [0.15, 0.2) is 0 Å². The molecule has 4 aromatic rings. The average Bonchev–Trinajstić information content (AvgIpc) is 3.00. The van der Waals surface area contributed by atoms with Crippen LogP contribution in [0.3, 0.4) is 0 Å². The lowest BCUT2D eigenvalue weighted by molar-refractivity contribution is -0.141. The topological polar surface area (TPSA) is 86.8 Å². The number of sulfonamides is 1. The Labute approximate surface area is 253 Å². The first-order valence-corrected chi connectivity index (χ1v) is 15.9. The lowest BCUT2D eigenvalue weighted by Crippen LogP contribution is -2.53. The van der Waals surface area contributed by atoms with Crippen molar-refractivity contribution in [1.29, 1.82) is 0 Å². The van der Waals surface area contributed by atoms with E-state index in [4.69, 9.17) is 0 Å². The fourth-order valence-corrected chi connectivity index (χ4v) is 5.48. The molecule has 0 unspecified atom stereocenters. The maximum atomic E-state index is 14.1. The molecule has 0 aliphatic carbocycles. The molecule has 224 valence electrons. The summed E-state index contributed by atoms with van der Waals surface area (Å²) in [6, 6.07) is 32.8. The summed E-state index contributed by atoms with van der Waals surface area (Å²) < 4.78 is 40.4. The van der Waals surface area contributed by atoms with E-state index < -0.39 is 34.3 Å². The smallest absolute Gasteiger partial charge is 0.243 e. The van der Waals surface area contributed by atoms with Gasteiger partial charge in [-0.2, -0.15) is 4.31 Å². The van der Waals surface area contributed by atoms with E-state index in [1.807, 2.05) is 66.7 Å². The van der Waals surface area contributed by atoms with E-state index in [0.717, 1.165) is 27.3 Å². The van der Waals surface area contributed by atoms with Crippen LogP contribution in [0.25, 0.3) is 0 Å². The van der Waals surface area contributed by atoms with Gasteiger partial charge in [0.25, 0.3) is 0 Å². The molecule has 0 aliphatic heterocycles. The molecule has 0 saturated heterocycles. The highest BCUT2D eigenvalue weighted by molar-refractivity contribution is 7.88. The summed E-state index contributed by atoms with van der Waals surface area (Å²) in [5.41, 5.74) is 3.24. The molecule has 0 aliphatic rings. The number of rotatable bonds is 14. The second-order valence-electron chi connectivity index (χ2n) is 10.4. The second-order valence-corrected chi connectivity index (χ2v) is 12.4. The van der Waals surface area contributed by atoms with E-state index in [9.17, 15) is 22.4 Å². The standard InChI is InChI=1S/C34H36FN3O4S/c1-43(41,42)37(24-29-15-9-4-10-16-29)26-33(39)38(25-30-17-19-31(35)20-18-30)32(23-28-13-7-3-8-14-28)34(40)36-22-21-27-11-5-2-6-12-27/h2-20,32H,21-26H2,1H3,(H,36,40)/t32-/m1/s1. The molecule has 43 heavy (non-hydrogen) atoms. The third kappa shape index (κ3) is 9.87. The number of carbonyl (C=O) groups is 2. The lowest BCUT2D eigenvalue weighted by atomic mass is 10.0. The third-order valence-corrected chi connectivity index (χ3v) is 8.27. The first kappa shape index (κ1) is 31.6. The van der Waals surface area contributed by atoms with Gasteiger partial charge in [-0.25, -0.2) is 12.8 Å². The molecule has 0 radical (unpaired) electrons. The molecule has 2 amide bonds. The van der Waals surface area contributed by atoms with E-state index in [1.165, 1.54) is 17.0 Å². The van der Waals surface area contributed by atoms with Crippen molar-refractivity contribution in [1.82, 2.24) is 14.5 Å². The van der Waals surface area contributed by atoms with Crippen LogP contribution in [0.1, 0.15) is 22.3 Å². The molecule has 0 bridgehead atoms. The Balaban J connectivity index is 1.64. The molecular weight excluding hydrogens is 565 g/mol. The van der Waals surface area contributed by atoms with Gasteiger partial charge in [-0.15, -0.1) is 0 Å². The SMILES string of the molecule is CS(=O)(=O)N(CC(=O)N(Cc1ccc(F)cc1)[C@H](Cc1ccccc1)C(=O)NCCc1ccccc1)Cc1ccccc1. The van der Waals surface area contributed by atoms with Crippen molar-refractivity contribution in [3.8, 4) is 0 Å². The molecule has 4 rings (SSSR count). The Morgan fingerprint density at radius 3 is 1.79 bits per heavy atom. The largest absolute Gasteiger partial charge is 0.354 e. The van der Waals surface area contributed by atoms with Gasteiger partial charge in [-0.3, -0.25) is 9.59 Å². The molecule has 0 spiro atoms. The number of nitrogens with zero attached hydrogens (tertiary/aromatic N) is 2. The minimum Gasteiger partial charge on any atom is -0.354 e. The molecule has 0 fully saturated rings. The van der Waals surface area contributed by atoms with Crippen LogP contribution >= 0.6 is 0 Å². The highest BCUT2D eigenvalue weighted by atomic mass is 32.2. The van der Waals surface area contributed by atoms with Crippen molar-refractivity contribution in [2.24, 2.45) is 0 Å². The van der Waals surface area contributed by atoms with E-state index >= 15 is 0 Å². The second kappa shape index (κ2) is 15.2.